The molecule has 0 atom stereocenters. The van der Waals surface area contributed by atoms with Gasteiger partial charge in [0, 0.05) is 27.8 Å². The fourth-order valence-corrected chi connectivity index (χ4v) is 5.32. The first-order valence-electron chi connectivity index (χ1n) is 11.3. The Balaban J connectivity index is 1.46. The third-order valence-electron chi connectivity index (χ3n) is 5.49. The number of nitrogens with one attached hydrogen (secondary N) is 1. The summed E-state index contributed by atoms with van der Waals surface area (Å²) in [7, 11) is -4.13. The molecule has 0 saturated carbocycles. The Hall–Kier alpha value is -3.96. The van der Waals surface area contributed by atoms with Crippen molar-refractivity contribution in [2.45, 2.75) is 11.8 Å². The maximum atomic E-state index is 13.0. The van der Waals surface area contributed by atoms with Crippen molar-refractivity contribution >= 4 is 54.4 Å². The summed E-state index contributed by atoms with van der Waals surface area (Å²) in [6, 6.07) is 18.7. The fraction of sp³-hybridized carbons (Fsp3) is 0.115. The minimum atomic E-state index is -4.13. The van der Waals surface area contributed by atoms with E-state index in [0.717, 1.165) is 4.47 Å². The maximum Gasteiger partial charge on any atom is 0.341 e. The lowest BCUT2D eigenvalue weighted by molar-refractivity contribution is -0.140. The van der Waals surface area contributed by atoms with Gasteiger partial charge in [0.15, 0.2) is 0 Å². The molecule has 0 unspecified atom stereocenters. The topological polar surface area (TPSA) is 112 Å². The van der Waals surface area contributed by atoms with E-state index in [4.69, 9.17) is 13.9 Å². The maximum absolute atomic E-state index is 13.0. The van der Waals surface area contributed by atoms with Crippen LogP contribution in [0.5, 0.6) is 5.75 Å². The van der Waals surface area contributed by atoms with Crippen molar-refractivity contribution < 1.29 is 22.1 Å². The number of benzene rings is 2. The average Bonchev–Trinajstić information content (AvgIpc) is 3.25. The second-order valence-electron chi connectivity index (χ2n) is 7.94. The molecule has 0 spiro atoms. The van der Waals surface area contributed by atoms with Crippen molar-refractivity contribution in [3.63, 3.8) is 0 Å². The van der Waals surface area contributed by atoms with Crippen LogP contribution in [0.15, 0.2) is 88.5 Å². The van der Waals surface area contributed by atoms with E-state index in [0.29, 0.717) is 33.6 Å². The number of halogens is 1. The zero-order valence-electron chi connectivity index (χ0n) is 19.6. The minimum absolute atomic E-state index is 0.00828. The molecule has 5 aromatic rings. The van der Waals surface area contributed by atoms with Crippen molar-refractivity contribution in [3.8, 4) is 17.0 Å². The Morgan fingerprint density at radius 3 is 2.62 bits per heavy atom. The number of nitrogens with zero attached hydrogens (tertiary/aromatic N) is 3. The van der Waals surface area contributed by atoms with Crippen LogP contribution in [-0.4, -0.2) is 41.9 Å². The smallest absolute Gasteiger partial charge is 0.341 e. The zero-order valence-corrected chi connectivity index (χ0v) is 22.0. The number of carbonyl (C=O) groups is 1. The van der Waals surface area contributed by atoms with Crippen LogP contribution in [0.3, 0.4) is 0 Å². The van der Waals surface area contributed by atoms with Crippen LogP contribution in [0.1, 0.15) is 6.92 Å². The van der Waals surface area contributed by atoms with Gasteiger partial charge < -0.3 is 14.2 Å². The molecule has 0 fully saturated rings. The molecular weight excluding hydrogens is 560 g/mol. The van der Waals surface area contributed by atoms with Gasteiger partial charge in [0.25, 0.3) is 0 Å². The van der Waals surface area contributed by atoms with E-state index in [9.17, 15) is 13.2 Å². The third kappa shape index (κ3) is 5.13. The highest BCUT2D eigenvalue weighted by molar-refractivity contribution is 9.10. The Labute approximate surface area is 221 Å². The lowest BCUT2D eigenvalue weighted by Gasteiger charge is -2.10. The van der Waals surface area contributed by atoms with Gasteiger partial charge in [0.05, 0.1) is 12.1 Å². The van der Waals surface area contributed by atoms with Gasteiger partial charge in [-0.1, -0.05) is 18.2 Å². The number of para-hydroxylation sites is 1. The first kappa shape index (κ1) is 24.7. The highest BCUT2D eigenvalue weighted by atomic mass is 79.9. The van der Waals surface area contributed by atoms with Gasteiger partial charge in [0.1, 0.15) is 34.3 Å². The average molecular weight is 581 g/mol. The van der Waals surface area contributed by atoms with Gasteiger partial charge in [-0.25, -0.2) is 4.98 Å². The summed E-state index contributed by atoms with van der Waals surface area (Å²) in [5.74, 6) is 0.340. The van der Waals surface area contributed by atoms with Crippen molar-refractivity contribution in [1.29, 1.82) is 0 Å². The molecule has 37 heavy (non-hydrogen) atoms. The largest absolute Gasteiger partial charge is 0.465 e. The number of rotatable bonds is 8. The molecule has 11 heteroatoms. The molecule has 5 rings (SSSR count). The van der Waals surface area contributed by atoms with Crippen LogP contribution in [0.2, 0.25) is 0 Å². The van der Waals surface area contributed by atoms with Crippen LogP contribution in [0.25, 0.3) is 27.8 Å². The number of ether oxygens (including phenoxy) is 1. The Kier molecular flexibility index (Phi) is 6.81. The number of carbonyl (C=O) groups excluding carboxylic acids is 1. The fourth-order valence-electron chi connectivity index (χ4n) is 3.87. The molecular formula is C26H21BrN4O5S. The van der Waals surface area contributed by atoms with Gasteiger partial charge in [-0.15, -0.1) is 0 Å². The lowest BCUT2D eigenvalue weighted by Crippen LogP contribution is -2.17. The Morgan fingerprint density at radius 1 is 1.05 bits per heavy atom. The molecule has 2 aromatic carbocycles. The van der Waals surface area contributed by atoms with Crippen molar-refractivity contribution in [2.24, 2.45) is 0 Å². The van der Waals surface area contributed by atoms with Crippen LogP contribution in [0.4, 0.5) is 5.82 Å². The van der Waals surface area contributed by atoms with E-state index in [1.165, 1.54) is 12.3 Å². The molecule has 3 aromatic heterocycles. The molecule has 0 aliphatic carbocycles. The predicted molar refractivity (Wildman–Crippen MR) is 143 cm³/mol. The van der Waals surface area contributed by atoms with E-state index in [2.05, 4.69) is 26.2 Å². The van der Waals surface area contributed by atoms with Gasteiger partial charge in [-0.05, 0) is 71.4 Å². The molecule has 0 aliphatic heterocycles. The number of imidazole rings is 1. The number of fused-ring (bicyclic) bond motifs is 2. The molecule has 0 aliphatic rings. The van der Waals surface area contributed by atoms with E-state index in [-0.39, 0.29) is 23.8 Å². The number of hydrogen-bond donors (Lipinski definition) is 1. The Morgan fingerprint density at radius 2 is 1.84 bits per heavy atom. The van der Waals surface area contributed by atoms with Crippen LogP contribution >= 0.6 is 15.9 Å². The minimum Gasteiger partial charge on any atom is -0.465 e. The van der Waals surface area contributed by atoms with Crippen LogP contribution in [0, 0.1) is 0 Å². The van der Waals surface area contributed by atoms with Crippen LogP contribution in [-0.2, 0) is 19.6 Å². The van der Waals surface area contributed by atoms with Gasteiger partial charge >= 0.3 is 16.1 Å². The van der Waals surface area contributed by atoms with Gasteiger partial charge in [-0.3, -0.25) is 14.2 Å². The zero-order chi connectivity index (χ0) is 26.0. The molecule has 9 nitrogen and oxygen atoms in total. The lowest BCUT2D eigenvalue weighted by atomic mass is 10.1. The standard InChI is InChI=1S/C26H21BrN4O5S/c1-2-35-23(32)15-29-26-25(30-22-13-10-19(27)16-31(22)26)18-8-11-20(12-9-18)36-37(33,34)21-7-3-5-17-6-4-14-28-24(17)21/h3-14,16,29H,2,15H2,1H3. The second kappa shape index (κ2) is 10.2. The molecule has 1 N–H and O–H groups in total. The van der Waals surface area contributed by atoms with Crippen molar-refractivity contribution in [3.05, 3.63) is 83.6 Å². The summed E-state index contributed by atoms with van der Waals surface area (Å²) in [4.78, 5) is 20.9. The molecule has 0 saturated heterocycles. The monoisotopic (exact) mass is 580 g/mol. The summed E-state index contributed by atoms with van der Waals surface area (Å²) in [6.45, 7) is 1.99. The highest BCUT2D eigenvalue weighted by Crippen LogP contribution is 2.32. The summed E-state index contributed by atoms with van der Waals surface area (Å²) in [6.07, 6.45) is 3.37. The number of hydrogen-bond acceptors (Lipinski definition) is 8. The number of esters is 1. The molecule has 188 valence electrons. The predicted octanol–water partition coefficient (Wildman–Crippen LogP) is 5.05. The normalized spacial score (nSPS) is 11.5. The molecule has 0 bridgehead atoms. The quantitative estimate of drug-likeness (QED) is 0.200. The molecule has 0 radical (unpaired) electrons. The van der Waals surface area contributed by atoms with Gasteiger partial charge in [0.2, 0.25) is 0 Å². The summed E-state index contributed by atoms with van der Waals surface area (Å²) >= 11 is 3.46. The van der Waals surface area contributed by atoms with E-state index in [1.807, 2.05) is 22.7 Å². The second-order valence-corrected chi connectivity index (χ2v) is 10.4. The SMILES string of the molecule is CCOC(=O)CNc1c(-c2ccc(OS(=O)(=O)c3cccc4cccnc34)cc2)nc2ccc(Br)cn12. The summed E-state index contributed by atoms with van der Waals surface area (Å²) in [5, 5.41) is 3.81. The summed E-state index contributed by atoms with van der Waals surface area (Å²) in [5.41, 5.74) is 2.28. The van der Waals surface area contributed by atoms with E-state index < -0.39 is 16.1 Å². The Bertz CT molecular complexity index is 1710. The van der Waals surface area contributed by atoms with Crippen molar-refractivity contribution in [2.75, 3.05) is 18.5 Å². The number of pyridine rings is 2. The number of aromatic nitrogens is 3. The third-order valence-corrected chi connectivity index (χ3v) is 7.24. The molecule has 0 amide bonds. The van der Waals surface area contributed by atoms with E-state index in [1.54, 1.807) is 55.5 Å². The first-order chi connectivity index (χ1) is 17.9. The first-order valence-corrected chi connectivity index (χ1v) is 13.5. The molecule has 3 heterocycles. The van der Waals surface area contributed by atoms with Crippen LogP contribution < -0.4 is 9.50 Å². The van der Waals surface area contributed by atoms with E-state index >= 15 is 0 Å². The number of anilines is 1. The van der Waals surface area contributed by atoms with Crippen molar-refractivity contribution in [1.82, 2.24) is 14.4 Å². The van der Waals surface area contributed by atoms with Gasteiger partial charge in [-0.2, -0.15) is 8.42 Å². The highest BCUT2D eigenvalue weighted by Gasteiger charge is 2.21. The summed E-state index contributed by atoms with van der Waals surface area (Å²) < 4.78 is 39.2.